The molecule has 1 aliphatic carbocycles. The van der Waals surface area contributed by atoms with Crippen LogP contribution in [0.4, 0.5) is 18.9 Å². The Labute approximate surface area is 127 Å². The molecule has 2 fully saturated rings. The first kappa shape index (κ1) is 15.2. The topological polar surface area (TPSA) is 46.3 Å². The molecule has 0 spiro atoms. The van der Waals surface area contributed by atoms with E-state index in [-0.39, 0.29) is 11.3 Å². The number of nitrogens with two attached hydrogens (primary N) is 1. The molecular weight excluding hydrogens is 293 g/mol. The third kappa shape index (κ3) is 2.91. The zero-order valence-electron chi connectivity index (χ0n) is 12.2. The average Bonchev–Trinajstić information content (AvgIpc) is 3.03. The van der Waals surface area contributed by atoms with Crippen LogP contribution in [0.1, 0.15) is 31.2 Å². The molecule has 22 heavy (non-hydrogen) atoms. The van der Waals surface area contributed by atoms with Crippen molar-refractivity contribution in [3.8, 4) is 0 Å². The molecule has 1 heterocycles. The van der Waals surface area contributed by atoms with E-state index in [4.69, 9.17) is 5.73 Å². The van der Waals surface area contributed by atoms with Crippen molar-refractivity contribution in [1.29, 1.82) is 0 Å². The van der Waals surface area contributed by atoms with Gasteiger partial charge in [0.15, 0.2) is 0 Å². The molecule has 0 radical (unpaired) electrons. The lowest BCUT2D eigenvalue weighted by Gasteiger charge is -2.24. The van der Waals surface area contributed by atoms with Crippen molar-refractivity contribution in [2.24, 2.45) is 17.1 Å². The van der Waals surface area contributed by atoms with E-state index in [9.17, 15) is 18.0 Å². The number of rotatable bonds is 4. The minimum atomic E-state index is -4.32. The van der Waals surface area contributed by atoms with Crippen LogP contribution in [0.25, 0.3) is 0 Å². The van der Waals surface area contributed by atoms with Crippen LogP contribution in [0.2, 0.25) is 0 Å². The first-order valence-electron chi connectivity index (χ1n) is 7.51. The fourth-order valence-electron chi connectivity index (χ4n) is 3.61. The highest BCUT2D eigenvalue weighted by Crippen LogP contribution is 2.57. The minimum absolute atomic E-state index is 0.00220. The molecule has 1 atom stereocenters. The number of primary amides is 1. The van der Waals surface area contributed by atoms with Crippen molar-refractivity contribution in [3.05, 3.63) is 29.8 Å². The summed E-state index contributed by atoms with van der Waals surface area (Å²) in [6, 6.07) is 5.45. The maximum absolute atomic E-state index is 12.8. The van der Waals surface area contributed by atoms with Crippen LogP contribution in [0.5, 0.6) is 0 Å². The second-order valence-corrected chi connectivity index (χ2v) is 6.49. The van der Waals surface area contributed by atoms with Gasteiger partial charge >= 0.3 is 6.18 Å². The summed E-state index contributed by atoms with van der Waals surface area (Å²) in [5, 5.41) is 0. The molecule has 0 aromatic heterocycles. The highest BCUT2D eigenvalue weighted by molar-refractivity contribution is 5.75. The summed E-state index contributed by atoms with van der Waals surface area (Å²) >= 11 is 0. The second kappa shape index (κ2) is 5.18. The molecule has 2 aliphatic rings. The molecule has 3 rings (SSSR count). The Morgan fingerprint density at radius 1 is 1.36 bits per heavy atom. The lowest BCUT2D eigenvalue weighted by atomic mass is 9.85. The van der Waals surface area contributed by atoms with Crippen molar-refractivity contribution in [3.63, 3.8) is 0 Å². The molecule has 1 aromatic carbocycles. The van der Waals surface area contributed by atoms with Gasteiger partial charge < -0.3 is 10.6 Å². The van der Waals surface area contributed by atoms with Gasteiger partial charge in [-0.2, -0.15) is 13.2 Å². The van der Waals surface area contributed by atoms with Gasteiger partial charge in [0, 0.05) is 25.2 Å². The lowest BCUT2D eigenvalue weighted by Crippen LogP contribution is -2.27. The van der Waals surface area contributed by atoms with Crippen LogP contribution in [0.3, 0.4) is 0 Å². The third-order valence-electron chi connectivity index (χ3n) is 5.01. The van der Waals surface area contributed by atoms with E-state index in [0.29, 0.717) is 24.6 Å². The van der Waals surface area contributed by atoms with Gasteiger partial charge in [-0.15, -0.1) is 0 Å². The average molecular weight is 312 g/mol. The number of amides is 1. The smallest absolute Gasteiger partial charge is 0.371 e. The van der Waals surface area contributed by atoms with Crippen LogP contribution in [-0.4, -0.2) is 19.0 Å². The predicted molar refractivity (Wildman–Crippen MR) is 77.2 cm³/mol. The van der Waals surface area contributed by atoms with Crippen LogP contribution >= 0.6 is 0 Å². The van der Waals surface area contributed by atoms with Crippen molar-refractivity contribution in [2.45, 2.75) is 31.9 Å². The Bertz CT molecular complexity index is 581. The number of halogens is 3. The van der Waals surface area contributed by atoms with Crippen molar-refractivity contribution in [1.82, 2.24) is 0 Å². The molecule has 0 bridgehead atoms. The monoisotopic (exact) mass is 312 g/mol. The number of nitrogens with zero attached hydrogens (tertiary/aromatic N) is 1. The number of benzene rings is 1. The van der Waals surface area contributed by atoms with Gasteiger partial charge in [-0.05, 0) is 48.8 Å². The largest absolute Gasteiger partial charge is 0.416 e. The van der Waals surface area contributed by atoms with Crippen molar-refractivity contribution in [2.75, 3.05) is 18.0 Å². The molecule has 1 aliphatic heterocycles. The maximum atomic E-state index is 12.8. The van der Waals surface area contributed by atoms with Crippen molar-refractivity contribution < 1.29 is 18.0 Å². The lowest BCUT2D eigenvalue weighted by molar-refractivity contribution is -0.137. The molecular formula is C16H19F3N2O. The van der Waals surface area contributed by atoms with E-state index in [2.05, 4.69) is 0 Å². The van der Waals surface area contributed by atoms with E-state index < -0.39 is 11.7 Å². The molecule has 2 N–H and O–H groups in total. The fourth-order valence-corrected chi connectivity index (χ4v) is 3.61. The highest BCUT2D eigenvalue weighted by Gasteiger charge is 2.51. The quantitative estimate of drug-likeness (QED) is 0.928. The van der Waals surface area contributed by atoms with Crippen molar-refractivity contribution >= 4 is 11.6 Å². The van der Waals surface area contributed by atoms with Gasteiger partial charge in [0.2, 0.25) is 5.91 Å². The second-order valence-electron chi connectivity index (χ2n) is 6.49. The van der Waals surface area contributed by atoms with Gasteiger partial charge in [0.05, 0.1) is 5.56 Å². The van der Waals surface area contributed by atoms with Gasteiger partial charge in [-0.3, -0.25) is 4.79 Å². The summed E-state index contributed by atoms with van der Waals surface area (Å²) in [4.78, 5) is 13.2. The number of carbonyl (C=O) groups is 1. The first-order valence-corrected chi connectivity index (χ1v) is 7.51. The molecule has 1 saturated carbocycles. The Hall–Kier alpha value is -1.72. The first-order chi connectivity index (χ1) is 10.3. The number of hydrogen-bond donors (Lipinski definition) is 1. The van der Waals surface area contributed by atoms with Crippen LogP contribution in [0.15, 0.2) is 24.3 Å². The Kier molecular flexibility index (Phi) is 3.57. The summed E-state index contributed by atoms with van der Waals surface area (Å²) in [7, 11) is 0. The van der Waals surface area contributed by atoms with E-state index in [1.54, 1.807) is 6.07 Å². The third-order valence-corrected chi connectivity index (χ3v) is 5.01. The summed E-state index contributed by atoms with van der Waals surface area (Å²) in [5.41, 5.74) is 5.31. The summed E-state index contributed by atoms with van der Waals surface area (Å²) < 4.78 is 38.4. The zero-order valence-corrected chi connectivity index (χ0v) is 12.2. The van der Waals surface area contributed by atoms with Crippen LogP contribution in [-0.2, 0) is 11.0 Å². The van der Waals surface area contributed by atoms with E-state index in [1.165, 1.54) is 12.1 Å². The standard InChI is InChI=1S/C16H19F3N2O/c17-16(18,19)11-2-1-3-13(8-11)21-7-4-12(10-21)15(5-6-15)9-14(20)22/h1-3,8,12H,4-7,9-10H2,(H2,20,22)/t12-/m0/s1. The summed E-state index contributed by atoms with van der Waals surface area (Å²) in [6.45, 7) is 1.43. The minimum Gasteiger partial charge on any atom is -0.371 e. The van der Waals surface area contributed by atoms with E-state index in [0.717, 1.165) is 31.9 Å². The molecule has 1 amide bonds. The molecule has 120 valence electrons. The fraction of sp³-hybridized carbons (Fsp3) is 0.562. The Balaban J connectivity index is 1.72. The Morgan fingerprint density at radius 3 is 2.68 bits per heavy atom. The van der Waals surface area contributed by atoms with E-state index >= 15 is 0 Å². The number of alkyl halides is 3. The Morgan fingerprint density at radius 2 is 2.09 bits per heavy atom. The van der Waals surface area contributed by atoms with Gasteiger partial charge in [-0.1, -0.05) is 6.07 Å². The highest BCUT2D eigenvalue weighted by atomic mass is 19.4. The van der Waals surface area contributed by atoms with Gasteiger partial charge in [0.1, 0.15) is 0 Å². The number of hydrogen-bond acceptors (Lipinski definition) is 2. The van der Waals surface area contributed by atoms with Gasteiger partial charge in [-0.25, -0.2) is 0 Å². The molecule has 1 aromatic rings. The molecule has 1 saturated heterocycles. The van der Waals surface area contributed by atoms with E-state index in [1.807, 2.05) is 4.90 Å². The maximum Gasteiger partial charge on any atom is 0.416 e. The zero-order chi connectivity index (χ0) is 16.0. The molecule has 3 nitrogen and oxygen atoms in total. The van der Waals surface area contributed by atoms with Gasteiger partial charge in [0.25, 0.3) is 0 Å². The summed E-state index contributed by atoms with van der Waals surface area (Å²) in [5.74, 6) is 0.0598. The SMILES string of the molecule is NC(=O)CC1([C@H]2CCN(c3cccc(C(F)(F)F)c3)C2)CC1. The van der Waals surface area contributed by atoms with Crippen LogP contribution < -0.4 is 10.6 Å². The summed E-state index contributed by atoms with van der Waals surface area (Å²) in [6.07, 6.45) is -1.02. The molecule has 6 heteroatoms. The van der Waals surface area contributed by atoms with Crippen LogP contribution in [0, 0.1) is 11.3 Å². The number of carbonyl (C=O) groups excluding carboxylic acids is 1. The predicted octanol–water partition coefficient (Wildman–Crippen LogP) is 3.19. The number of anilines is 1. The normalized spacial score (nSPS) is 23.6. The molecule has 0 unspecified atom stereocenters.